The van der Waals surface area contributed by atoms with Crippen LogP contribution in [0.2, 0.25) is 0 Å². The molecule has 1 saturated heterocycles. The Hall–Kier alpha value is -1.24. The van der Waals surface area contributed by atoms with E-state index < -0.39 is 6.10 Å². The summed E-state index contributed by atoms with van der Waals surface area (Å²) in [6, 6.07) is 2.02. The summed E-state index contributed by atoms with van der Waals surface area (Å²) in [4.78, 5) is 19.5. The summed E-state index contributed by atoms with van der Waals surface area (Å²) in [5, 5.41) is 14.6. The summed E-state index contributed by atoms with van der Waals surface area (Å²) in [5.41, 5.74) is 1.85. The van der Waals surface area contributed by atoms with Gasteiger partial charge in [0, 0.05) is 24.0 Å². The van der Waals surface area contributed by atoms with Gasteiger partial charge in [0.05, 0.1) is 11.8 Å². The van der Waals surface area contributed by atoms with Crippen molar-refractivity contribution in [2.45, 2.75) is 25.9 Å². The minimum Gasteiger partial charge on any atom is -0.391 e. The Bertz CT molecular complexity index is 607. The van der Waals surface area contributed by atoms with Crippen LogP contribution in [-0.4, -0.2) is 40.1 Å². The van der Waals surface area contributed by atoms with E-state index in [2.05, 4.69) is 4.98 Å². The standard InChI is InChI=1S/C14H16N2O2S2/c1-9-12(14(18)16-5-2-3-11(17)7-16)20-13(15-9)10-4-6-19-8-10/h4,6,8,11,17H,2-3,5,7H2,1H3. The Morgan fingerprint density at radius 3 is 3.10 bits per heavy atom. The molecule has 2 aromatic heterocycles. The highest BCUT2D eigenvalue weighted by atomic mass is 32.1. The zero-order valence-corrected chi connectivity index (χ0v) is 12.8. The Morgan fingerprint density at radius 2 is 2.40 bits per heavy atom. The SMILES string of the molecule is Cc1nc(-c2ccsc2)sc1C(=O)N1CCCC(O)C1. The van der Waals surface area contributed by atoms with Crippen molar-refractivity contribution in [1.29, 1.82) is 0 Å². The van der Waals surface area contributed by atoms with Gasteiger partial charge in [-0.15, -0.1) is 11.3 Å². The van der Waals surface area contributed by atoms with Crippen LogP contribution in [0.3, 0.4) is 0 Å². The molecular formula is C14H16N2O2S2. The number of nitrogens with zero attached hydrogens (tertiary/aromatic N) is 2. The van der Waals surface area contributed by atoms with Crippen molar-refractivity contribution in [2.24, 2.45) is 0 Å². The molecule has 1 N–H and O–H groups in total. The van der Waals surface area contributed by atoms with E-state index in [1.165, 1.54) is 11.3 Å². The van der Waals surface area contributed by atoms with Gasteiger partial charge in [-0.2, -0.15) is 11.3 Å². The fourth-order valence-electron chi connectivity index (χ4n) is 2.39. The summed E-state index contributed by atoms with van der Waals surface area (Å²) in [6.07, 6.45) is 1.26. The van der Waals surface area contributed by atoms with Gasteiger partial charge in [-0.3, -0.25) is 4.79 Å². The van der Waals surface area contributed by atoms with Crippen LogP contribution in [0.1, 0.15) is 28.2 Å². The minimum absolute atomic E-state index is 0.000213. The van der Waals surface area contributed by atoms with Crippen LogP contribution >= 0.6 is 22.7 Å². The number of hydrogen-bond donors (Lipinski definition) is 1. The number of amides is 1. The lowest BCUT2D eigenvalue weighted by atomic mass is 10.1. The maximum absolute atomic E-state index is 12.5. The Morgan fingerprint density at radius 1 is 1.55 bits per heavy atom. The maximum Gasteiger partial charge on any atom is 0.265 e. The number of aliphatic hydroxyl groups is 1. The molecule has 0 radical (unpaired) electrons. The van der Waals surface area contributed by atoms with Crippen molar-refractivity contribution in [3.8, 4) is 10.6 Å². The van der Waals surface area contributed by atoms with Gasteiger partial charge < -0.3 is 10.0 Å². The van der Waals surface area contributed by atoms with Crippen LogP contribution in [0.4, 0.5) is 0 Å². The number of aryl methyl sites for hydroxylation is 1. The smallest absolute Gasteiger partial charge is 0.265 e. The number of likely N-dealkylation sites (tertiary alicyclic amines) is 1. The molecule has 1 aliphatic heterocycles. The molecule has 0 aromatic carbocycles. The third-order valence-corrected chi connectivity index (χ3v) is 5.32. The predicted molar refractivity (Wildman–Crippen MR) is 81.3 cm³/mol. The van der Waals surface area contributed by atoms with E-state index >= 15 is 0 Å². The zero-order chi connectivity index (χ0) is 14.1. The molecule has 1 amide bonds. The van der Waals surface area contributed by atoms with E-state index in [4.69, 9.17) is 0 Å². The summed E-state index contributed by atoms with van der Waals surface area (Å²) < 4.78 is 0. The Kier molecular flexibility index (Phi) is 3.87. The molecule has 6 heteroatoms. The number of thiophene rings is 1. The molecule has 106 valence electrons. The largest absolute Gasteiger partial charge is 0.391 e. The molecule has 0 bridgehead atoms. The molecule has 0 saturated carbocycles. The Labute approximate surface area is 125 Å². The predicted octanol–water partition coefficient (Wildman–Crippen LogP) is 2.78. The highest BCUT2D eigenvalue weighted by Gasteiger charge is 2.26. The molecule has 3 heterocycles. The Balaban J connectivity index is 1.85. The fourth-order valence-corrected chi connectivity index (χ4v) is 4.13. The van der Waals surface area contributed by atoms with E-state index in [1.807, 2.05) is 23.8 Å². The number of piperidine rings is 1. The lowest BCUT2D eigenvalue weighted by molar-refractivity contribution is 0.0477. The van der Waals surface area contributed by atoms with Gasteiger partial charge >= 0.3 is 0 Å². The zero-order valence-electron chi connectivity index (χ0n) is 11.2. The van der Waals surface area contributed by atoms with Crippen LogP contribution in [0.15, 0.2) is 16.8 Å². The highest BCUT2D eigenvalue weighted by Crippen LogP contribution is 2.30. The monoisotopic (exact) mass is 308 g/mol. The molecule has 0 spiro atoms. The normalized spacial score (nSPS) is 19.3. The number of thiazole rings is 1. The third kappa shape index (κ3) is 2.63. The molecule has 4 nitrogen and oxygen atoms in total. The van der Waals surface area contributed by atoms with Gasteiger partial charge in [0.2, 0.25) is 0 Å². The van der Waals surface area contributed by atoms with Crippen molar-refractivity contribution in [2.75, 3.05) is 13.1 Å². The lowest BCUT2D eigenvalue weighted by Gasteiger charge is -2.29. The van der Waals surface area contributed by atoms with Crippen LogP contribution in [0.5, 0.6) is 0 Å². The maximum atomic E-state index is 12.5. The van der Waals surface area contributed by atoms with Gasteiger partial charge in [-0.25, -0.2) is 4.98 Å². The molecule has 20 heavy (non-hydrogen) atoms. The van der Waals surface area contributed by atoms with Gasteiger partial charge in [-0.05, 0) is 31.2 Å². The second-order valence-electron chi connectivity index (χ2n) is 4.99. The number of aromatic nitrogens is 1. The average Bonchev–Trinajstić information content (AvgIpc) is 3.07. The van der Waals surface area contributed by atoms with Gasteiger partial charge in [-0.1, -0.05) is 0 Å². The number of hydrogen-bond acceptors (Lipinski definition) is 5. The molecule has 2 aromatic rings. The lowest BCUT2D eigenvalue weighted by Crippen LogP contribution is -2.42. The third-order valence-electron chi connectivity index (χ3n) is 3.44. The van der Waals surface area contributed by atoms with Gasteiger partial charge in [0.25, 0.3) is 5.91 Å². The van der Waals surface area contributed by atoms with Crippen molar-refractivity contribution >= 4 is 28.6 Å². The second kappa shape index (κ2) is 5.63. The quantitative estimate of drug-likeness (QED) is 0.928. The highest BCUT2D eigenvalue weighted by molar-refractivity contribution is 7.17. The number of β-amino-alcohol motifs (C(OH)–C–C–N with tert-alkyl or cyclic N) is 1. The fraction of sp³-hybridized carbons (Fsp3) is 0.429. The van der Waals surface area contributed by atoms with E-state index in [-0.39, 0.29) is 5.91 Å². The minimum atomic E-state index is -0.391. The topological polar surface area (TPSA) is 53.4 Å². The van der Waals surface area contributed by atoms with Crippen LogP contribution in [0.25, 0.3) is 10.6 Å². The molecule has 1 aliphatic rings. The summed E-state index contributed by atoms with van der Waals surface area (Å²) in [7, 11) is 0. The van der Waals surface area contributed by atoms with Crippen molar-refractivity contribution < 1.29 is 9.90 Å². The van der Waals surface area contributed by atoms with Gasteiger partial charge in [0.1, 0.15) is 9.88 Å². The molecule has 1 unspecified atom stereocenters. The number of carbonyl (C=O) groups is 1. The molecular weight excluding hydrogens is 292 g/mol. The number of rotatable bonds is 2. The van der Waals surface area contributed by atoms with E-state index in [0.29, 0.717) is 11.4 Å². The van der Waals surface area contributed by atoms with Crippen molar-refractivity contribution in [3.05, 3.63) is 27.4 Å². The van der Waals surface area contributed by atoms with E-state index in [1.54, 1.807) is 16.2 Å². The number of carbonyl (C=O) groups excluding carboxylic acids is 1. The molecule has 3 rings (SSSR count). The average molecular weight is 308 g/mol. The summed E-state index contributed by atoms with van der Waals surface area (Å²) in [5.74, 6) is 0.000213. The van der Waals surface area contributed by atoms with E-state index in [0.717, 1.165) is 35.7 Å². The summed E-state index contributed by atoms with van der Waals surface area (Å²) in [6.45, 7) is 3.03. The first-order valence-electron chi connectivity index (χ1n) is 6.62. The van der Waals surface area contributed by atoms with Crippen LogP contribution in [0, 0.1) is 6.92 Å². The van der Waals surface area contributed by atoms with Crippen LogP contribution in [-0.2, 0) is 0 Å². The first-order chi connectivity index (χ1) is 9.65. The number of aliphatic hydroxyl groups excluding tert-OH is 1. The van der Waals surface area contributed by atoms with E-state index in [9.17, 15) is 9.90 Å². The van der Waals surface area contributed by atoms with Gasteiger partial charge in [0.15, 0.2) is 0 Å². The van der Waals surface area contributed by atoms with Crippen molar-refractivity contribution in [1.82, 2.24) is 9.88 Å². The second-order valence-corrected chi connectivity index (χ2v) is 6.77. The molecule has 1 atom stereocenters. The van der Waals surface area contributed by atoms with Crippen molar-refractivity contribution in [3.63, 3.8) is 0 Å². The molecule has 0 aliphatic carbocycles. The first-order valence-corrected chi connectivity index (χ1v) is 8.38. The van der Waals surface area contributed by atoms with Crippen LogP contribution < -0.4 is 0 Å². The molecule has 1 fully saturated rings. The summed E-state index contributed by atoms with van der Waals surface area (Å²) >= 11 is 3.07. The first kappa shape index (κ1) is 13.7.